The molecule has 0 bridgehead atoms. The van der Waals surface area contributed by atoms with Crippen molar-refractivity contribution < 1.29 is 9.59 Å². The summed E-state index contributed by atoms with van der Waals surface area (Å²) in [5.41, 5.74) is 3.58. The predicted molar refractivity (Wildman–Crippen MR) is 110 cm³/mol. The summed E-state index contributed by atoms with van der Waals surface area (Å²) in [7, 11) is 0. The van der Waals surface area contributed by atoms with Gasteiger partial charge < -0.3 is 9.80 Å². The summed E-state index contributed by atoms with van der Waals surface area (Å²) in [5.74, 6) is -0.0195. The fraction of sp³-hybridized carbons (Fsp3) is 0.455. The maximum atomic E-state index is 13.3. The van der Waals surface area contributed by atoms with Crippen molar-refractivity contribution in [2.24, 2.45) is 0 Å². The third kappa shape index (κ3) is 3.93. The summed E-state index contributed by atoms with van der Waals surface area (Å²) in [6.07, 6.45) is 1.72. The molecule has 0 radical (unpaired) electrons. The van der Waals surface area contributed by atoms with E-state index in [0.29, 0.717) is 6.54 Å². The minimum atomic E-state index is -0.0700. The molecule has 1 aromatic heterocycles. The number of rotatable bonds is 5. The van der Waals surface area contributed by atoms with E-state index in [1.54, 1.807) is 23.2 Å². The molecule has 1 aliphatic heterocycles. The quantitative estimate of drug-likeness (QED) is 0.776. The molecule has 2 atom stereocenters. The standard InChI is InChI=1S/C22H28N2O2S/c1-5-16(3)24(17(4)25)14-21(26)23-12-10-20-19(11-13-27-20)22(23)18-9-7-6-8-15(18)2/h6-9,11,13,16,22H,5,10,12,14H2,1-4H3/t16-,22+/m1/s1. The van der Waals surface area contributed by atoms with Crippen LogP contribution in [0.5, 0.6) is 0 Å². The number of nitrogens with zero attached hydrogens (tertiary/aromatic N) is 2. The second kappa shape index (κ2) is 8.26. The van der Waals surface area contributed by atoms with E-state index in [1.165, 1.54) is 21.6 Å². The van der Waals surface area contributed by atoms with E-state index >= 15 is 0 Å². The van der Waals surface area contributed by atoms with Gasteiger partial charge in [0.2, 0.25) is 11.8 Å². The highest BCUT2D eigenvalue weighted by Crippen LogP contribution is 2.39. The van der Waals surface area contributed by atoms with Gasteiger partial charge in [-0.2, -0.15) is 0 Å². The molecular formula is C22H28N2O2S. The maximum Gasteiger partial charge on any atom is 0.243 e. The van der Waals surface area contributed by atoms with E-state index in [2.05, 4.69) is 30.5 Å². The minimum absolute atomic E-state index is 0.0237. The number of benzene rings is 1. The second-order valence-corrected chi connectivity index (χ2v) is 8.30. The Morgan fingerprint density at radius 2 is 2.00 bits per heavy atom. The summed E-state index contributed by atoms with van der Waals surface area (Å²) in [4.78, 5) is 30.4. The average molecular weight is 385 g/mol. The Balaban J connectivity index is 1.94. The van der Waals surface area contributed by atoms with Gasteiger partial charge in [0.1, 0.15) is 6.54 Å². The van der Waals surface area contributed by atoms with Crippen LogP contribution in [0.15, 0.2) is 35.7 Å². The number of hydrogen-bond acceptors (Lipinski definition) is 3. The first kappa shape index (κ1) is 19.6. The number of carbonyl (C=O) groups is 2. The highest BCUT2D eigenvalue weighted by Gasteiger charge is 2.34. The average Bonchev–Trinajstić information content (AvgIpc) is 3.13. The fourth-order valence-corrected chi connectivity index (χ4v) is 4.75. The number of aryl methyl sites for hydroxylation is 1. The third-order valence-electron chi connectivity index (χ3n) is 5.60. The third-order valence-corrected chi connectivity index (χ3v) is 6.60. The first-order valence-electron chi connectivity index (χ1n) is 9.62. The van der Waals surface area contributed by atoms with Crippen LogP contribution >= 0.6 is 11.3 Å². The van der Waals surface area contributed by atoms with Gasteiger partial charge in [0.05, 0.1) is 6.04 Å². The van der Waals surface area contributed by atoms with Crippen LogP contribution in [0.3, 0.4) is 0 Å². The number of thiophene rings is 1. The van der Waals surface area contributed by atoms with Gasteiger partial charge in [-0.25, -0.2) is 0 Å². The highest BCUT2D eigenvalue weighted by molar-refractivity contribution is 7.10. The van der Waals surface area contributed by atoms with Crippen molar-refractivity contribution in [1.29, 1.82) is 0 Å². The lowest BCUT2D eigenvalue weighted by Crippen LogP contribution is -2.48. The normalized spacial score (nSPS) is 17.3. The van der Waals surface area contributed by atoms with Gasteiger partial charge in [0, 0.05) is 24.4 Å². The van der Waals surface area contributed by atoms with Gasteiger partial charge >= 0.3 is 0 Å². The maximum absolute atomic E-state index is 13.3. The molecule has 0 spiro atoms. The topological polar surface area (TPSA) is 40.6 Å². The first-order valence-corrected chi connectivity index (χ1v) is 10.5. The monoisotopic (exact) mass is 384 g/mol. The van der Waals surface area contributed by atoms with Gasteiger partial charge in [-0.15, -0.1) is 11.3 Å². The van der Waals surface area contributed by atoms with Crippen molar-refractivity contribution >= 4 is 23.2 Å². The summed E-state index contributed by atoms with van der Waals surface area (Å²) in [5, 5.41) is 2.12. The molecule has 0 saturated carbocycles. The molecule has 0 unspecified atom stereocenters. The Hall–Kier alpha value is -2.14. The van der Waals surface area contributed by atoms with Crippen LogP contribution in [-0.2, 0) is 16.0 Å². The molecule has 5 heteroatoms. The molecule has 0 saturated heterocycles. The Labute approximate surface area is 165 Å². The van der Waals surface area contributed by atoms with Crippen molar-refractivity contribution in [3.63, 3.8) is 0 Å². The molecule has 1 aromatic carbocycles. The molecule has 2 heterocycles. The fourth-order valence-electron chi connectivity index (χ4n) is 3.85. The van der Waals surface area contributed by atoms with Crippen LogP contribution in [0.2, 0.25) is 0 Å². The van der Waals surface area contributed by atoms with E-state index in [-0.39, 0.29) is 30.4 Å². The van der Waals surface area contributed by atoms with E-state index < -0.39 is 0 Å². The van der Waals surface area contributed by atoms with Crippen LogP contribution < -0.4 is 0 Å². The molecule has 0 fully saturated rings. The lowest BCUT2D eigenvalue weighted by atomic mass is 9.90. The van der Waals surface area contributed by atoms with Gasteiger partial charge in [-0.3, -0.25) is 9.59 Å². The van der Waals surface area contributed by atoms with Crippen molar-refractivity contribution in [3.8, 4) is 0 Å². The molecule has 4 nitrogen and oxygen atoms in total. The zero-order valence-corrected chi connectivity index (χ0v) is 17.4. The lowest BCUT2D eigenvalue weighted by Gasteiger charge is -2.38. The van der Waals surface area contributed by atoms with Crippen molar-refractivity contribution in [2.75, 3.05) is 13.1 Å². The molecule has 2 aromatic rings. The number of amides is 2. The summed E-state index contributed by atoms with van der Waals surface area (Å²) < 4.78 is 0. The van der Waals surface area contributed by atoms with E-state index in [4.69, 9.17) is 0 Å². The Kier molecular flexibility index (Phi) is 6.00. The highest BCUT2D eigenvalue weighted by atomic mass is 32.1. The number of hydrogen-bond donors (Lipinski definition) is 0. The SMILES string of the molecule is CC[C@@H](C)N(CC(=O)N1CCc2sccc2[C@@H]1c1ccccc1C)C(C)=O. The first-order chi connectivity index (χ1) is 12.9. The van der Waals surface area contributed by atoms with Crippen LogP contribution in [-0.4, -0.2) is 40.7 Å². The number of carbonyl (C=O) groups excluding carboxylic acids is 2. The summed E-state index contributed by atoms with van der Waals surface area (Å²) >= 11 is 1.77. The van der Waals surface area contributed by atoms with Crippen LogP contribution in [0.4, 0.5) is 0 Å². The molecule has 0 N–H and O–H groups in total. The van der Waals surface area contributed by atoms with E-state index in [9.17, 15) is 9.59 Å². The smallest absolute Gasteiger partial charge is 0.243 e. The van der Waals surface area contributed by atoms with Gasteiger partial charge in [0.15, 0.2) is 0 Å². The molecule has 1 aliphatic rings. The Morgan fingerprint density at radius 3 is 2.67 bits per heavy atom. The van der Waals surface area contributed by atoms with Crippen LogP contribution in [0, 0.1) is 6.92 Å². The largest absolute Gasteiger partial charge is 0.331 e. The zero-order chi connectivity index (χ0) is 19.6. The van der Waals surface area contributed by atoms with Crippen molar-refractivity contribution in [1.82, 2.24) is 9.80 Å². The molecular weight excluding hydrogens is 356 g/mol. The minimum Gasteiger partial charge on any atom is -0.331 e. The molecule has 27 heavy (non-hydrogen) atoms. The van der Waals surface area contributed by atoms with Gasteiger partial charge in [-0.05, 0) is 54.8 Å². The van der Waals surface area contributed by atoms with Crippen molar-refractivity contribution in [3.05, 3.63) is 57.3 Å². The lowest BCUT2D eigenvalue weighted by molar-refractivity contribution is -0.142. The zero-order valence-electron chi connectivity index (χ0n) is 16.6. The van der Waals surface area contributed by atoms with Gasteiger partial charge in [-0.1, -0.05) is 31.2 Å². The Bertz CT molecular complexity index is 829. The van der Waals surface area contributed by atoms with Crippen LogP contribution in [0.25, 0.3) is 0 Å². The molecule has 2 amide bonds. The van der Waals surface area contributed by atoms with Crippen molar-refractivity contribution in [2.45, 2.75) is 52.6 Å². The molecule has 3 rings (SSSR count). The Morgan fingerprint density at radius 1 is 1.26 bits per heavy atom. The number of fused-ring (bicyclic) bond motifs is 1. The second-order valence-electron chi connectivity index (χ2n) is 7.30. The van der Waals surface area contributed by atoms with Gasteiger partial charge in [0.25, 0.3) is 0 Å². The molecule has 0 aliphatic carbocycles. The van der Waals surface area contributed by atoms with Crippen LogP contribution in [0.1, 0.15) is 54.8 Å². The summed E-state index contributed by atoms with van der Waals surface area (Å²) in [6, 6.07) is 10.4. The predicted octanol–water partition coefficient (Wildman–Crippen LogP) is 4.18. The summed E-state index contributed by atoms with van der Waals surface area (Å²) in [6.45, 7) is 8.52. The van der Waals surface area contributed by atoms with E-state index in [1.807, 2.05) is 30.9 Å². The molecule has 144 valence electrons. The van der Waals surface area contributed by atoms with E-state index in [0.717, 1.165) is 12.8 Å².